The van der Waals surface area contributed by atoms with Crippen molar-refractivity contribution in [3.8, 4) is 0 Å². The zero-order valence-corrected chi connectivity index (χ0v) is 15.7. The maximum absolute atomic E-state index is 12.3. The number of rotatable bonds is 10. The largest absolute Gasteiger partial charge is 0.439 e. The van der Waals surface area contributed by atoms with Crippen LogP contribution in [0.1, 0.15) is 31.2 Å². The summed E-state index contributed by atoms with van der Waals surface area (Å²) in [5.41, 5.74) is 7.07. The van der Waals surface area contributed by atoms with Gasteiger partial charge in [-0.15, -0.1) is 0 Å². The van der Waals surface area contributed by atoms with Gasteiger partial charge in [0.05, 0.1) is 19.8 Å². The van der Waals surface area contributed by atoms with Gasteiger partial charge in [0.1, 0.15) is 5.52 Å². The predicted octanol–water partition coefficient (Wildman–Crippen LogP) is 0.694. The fourth-order valence-electron chi connectivity index (χ4n) is 3.14. The molecule has 9 nitrogen and oxygen atoms in total. The third-order valence-electron chi connectivity index (χ3n) is 4.46. The summed E-state index contributed by atoms with van der Waals surface area (Å²) in [4.78, 5) is 36.5. The average Bonchev–Trinajstić information content (AvgIpc) is 2.99. The van der Waals surface area contributed by atoms with E-state index in [0.29, 0.717) is 50.5 Å². The van der Waals surface area contributed by atoms with E-state index < -0.39 is 17.6 Å². The molecule has 2 amide bonds. The van der Waals surface area contributed by atoms with Crippen molar-refractivity contribution in [1.29, 1.82) is 0 Å². The second-order valence-electron chi connectivity index (χ2n) is 6.55. The highest BCUT2D eigenvalue weighted by atomic mass is 16.5. The number of aromatic nitrogens is 1. The molecule has 0 unspecified atom stereocenters. The lowest BCUT2D eigenvalue weighted by atomic mass is 10.1. The minimum Gasteiger partial charge on any atom is -0.406 e. The zero-order chi connectivity index (χ0) is 19.9. The smallest absolute Gasteiger partial charge is 0.406 e. The minimum atomic E-state index is -0.739. The van der Waals surface area contributed by atoms with Gasteiger partial charge in [-0.3, -0.25) is 9.59 Å². The molecule has 3 rings (SSSR count). The first kappa shape index (κ1) is 20.2. The number of aryl methyl sites for hydroxylation is 1. The molecular weight excluding hydrogens is 366 g/mol. The van der Waals surface area contributed by atoms with Crippen molar-refractivity contribution in [2.24, 2.45) is 5.73 Å². The van der Waals surface area contributed by atoms with Gasteiger partial charge < -0.3 is 19.6 Å². The predicted molar refractivity (Wildman–Crippen MR) is 102 cm³/mol. The summed E-state index contributed by atoms with van der Waals surface area (Å²) in [5.74, 6) is -1.52. The summed E-state index contributed by atoms with van der Waals surface area (Å²) in [5, 5.41) is 0.901. The number of hydrogen-bond donors (Lipinski definition) is 1. The van der Waals surface area contributed by atoms with Crippen LogP contribution in [0.25, 0.3) is 11.1 Å². The Labute approximate surface area is 161 Å². The quantitative estimate of drug-likeness (QED) is 0.468. The Bertz CT molecular complexity index is 871. The molecule has 0 spiro atoms. The second kappa shape index (κ2) is 9.63. The number of fused-ring (bicyclic) bond motifs is 1. The van der Waals surface area contributed by atoms with E-state index >= 15 is 0 Å². The van der Waals surface area contributed by atoms with Crippen LogP contribution in [0.4, 0.5) is 0 Å². The molecule has 1 aromatic carbocycles. The monoisotopic (exact) mass is 391 g/mol. The summed E-state index contributed by atoms with van der Waals surface area (Å²) in [6.07, 6.45) is 2.52. The van der Waals surface area contributed by atoms with Crippen molar-refractivity contribution in [2.75, 3.05) is 38.0 Å². The average molecular weight is 391 g/mol. The molecule has 152 valence electrons. The van der Waals surface area contributed by atoms with Crippen molar-refractivity contribution in [3.63, 3.8) is 0 Å². The van der Waals surface area contributed by atoms with Crippen LogP contribution < -0.4 is 16.5 Å². The highest BCUT2D eigenvalue weighted by molar-refractivity contribution is 6.10. The zero-order valence-electron chi connectivity index (χ0n) is 15.7. The number of amides is 2. The molecule has 0 saturated carbocycles. The van der Waals surface area contributed by atoms with Crippen LogP contribution in [-0.4, -0.2) is 49.5 Å². The van der Waals surface area contributed by atoms with Crippen molar-refractivity contribution in [2.45, 2.75) is 32.1 Å². The highest BCUT2D eigenvalue weighted by Crippen LogP contribution is 2.19. The standard InChI is InChI=1S/C19H25N3O6/c20-8-10-27-12-11-26-9-2-3-14-6-7-15-16(13-14)28-19(25)21(15)22-17(23)4-1-5-18(22)24/h6-7,13H,1-5,8-12,20H2. The Kier molecular flexibility index (Phi) is 6.96. The van der Waals surface area contributed by atoms with Gasteiger partial charge in [-0.05, 0) is 37.0 Å². The molecule has 1 aromatic heterocycles. The van der Waals surface area contributed by atoms with Crippen molar-refractivity contribution >= 4 is 22.9 Å². The third kappa shape index (κ3) is 4.67. The number of imide groups is 1. The van der Waals surface area contributed by atoms with Crippen molar-refractivity contribution in [3.05, 3.63) is 34.3 Å². The lowest BCUT2D eigenvalue weighted by Gasteiger charge is -2.24. The van der Waals surface area contributed by atoms with E-state index in [4.69, 9.17) is 19.6 Å². The van der Waals surface area contributed by atoms with E-state index in [1.165, 1.54) is 0 Å². The van der Waals surface area contributed by atoms with Gasteiger partial charge in [0, 0.05) is 26.0 Å². The van der Waals surface area contributed by atoms with Crippen LogP contribution in [-0.2, 0) is 25.5 Å². The molecule has 0 bridgehead atoms. The van der Waals surface area contributed by atoms with Crippen LogP contribution in [0.2, 0.25) is 0 Å². The van der Waals surface area contributed by atoms with Crippen LogP contribution in [0.5, 0.6) is 0 Å². The molecule has 0 radical (unpaired) electrons. The van der Waals surface area contributed by atoms with Gasteiger partial charge in [0.15, 0.2) is 5.58 Å². The molecule has 1 fully saturated rings. The number of ether oxygens (including phenoxy) is 2. The minimum absolute atomic E-state index is 0.236. The maximum atomic E-state index is 12.3. The topological polar surface area (TPSA) is 117 Å². The van der Waals surface area contributed by atoms with Gasteiger partial charge in [-0.2, -0.15) is 9.69 Å². The summed E-state index contributed by atoms with van der Waals surface area (Å²) in [7, 11) is 0. The number of hydrogen-bond acceptors (Lipinski definition) is 7. The maximum Gasteiger partial charge on any atom is 0.439 e. The van der Waals surface area contributed by atoms with Crippen LogP contribution >= 0.6 is 0 Å². The van der Waals surface area contributed by atoms with Crippen LogP contribution in [0, 0.1) is 0 Å². The molecule has 1 aliphatic rings. The summed E-state index contributed by atoms with van der Waals surface area (Å²) < 4.78 is 17.0. The molecule has 2 aromatic rings. The van der Waals surface area contributed by atoms with E-state index in [-0.39, 0.29) is 12.8 Å². The Morgan fingerprint density at radius 3 is 2.43 bits per heavy atom. The second-order valence-corrected chi connectivity index (χ2v) is 6.55. The van der Waals surface area contributed by atoms with E-state index in [1.54, 1.807) is 12.1 Å². The van der Waals surface area contributed by atoms with E-state index in [0.717, 1.165) is 28.1 Å². The Hall–Kier alpha value is -2.49. The molecule has 2 N–H and O–H groups in total. The Morgan fingerprint density at radius 2 is 1.71 bits per heavy atom. The molecule has 1 saturated heterocycles. The molecular formula is C19H25N3O6. The normalized spacial score (nSPS) is 15.0. The van der Waals surface area contributed by atoms with Crippen molar-refractivity contribution in [1.82, 2.24) is 4.68 Å². The highest BCUT2D eigenvalue weighted by Gasteiger charge is 2.31. The number of carbonyl (C=O) groups excluding carboxylic acids is 2. The molecule has 2 heterocycles. The molecule has 0 aliphatic carbocycles. The summed E-state index contributed by atoms with van der Waals surface area (Å²) in [6, 6.07) is 5.32. The summed E-state index contributed by atoms with van der Waals surface area (Å²) >= 11 is 0. The van der Waals surface area contributed by atoms with Gasteiger partial charge in [-0.1, -0.05) is 6.07 Å². The number of piperidine rings is 1. The first-order chi connectivity index (χ1) is 13.6. The van der Waals surface area contributed by atoms with Gasteiger partial charge in [0.2, 0.25) is 11.8 Å². The van der Waals surface area contributed by atoms with Gasteiger partial charge >= 0.3 is 5.76 Å². The van der Waals surface area contributed by atoms with E-state index in [9.17, 15) is 14.4 Å². The van der Waals surface area contributed by atoms with Crippen LogP contribution in [0.3, 0.4) is 0 Å². The first-order valence-electron chi connectivity index (χ1n) is 9.48. The fraction of sp³-hybridized carbons (Fsp3) is 0.526. The fourth-order valence-corrected chi connectivity index (χ4v) is 3.14. The lowest BCUT2D eigenvalue weighted by molar-refractivity contribution is -0.131. The number of nitrogens with zero attached hydrogens (tertiary/aromatic N) is 2. The number of oxazole rings is 1. The number of benzene rings is 1. The third-order valence-corrected chi connectivity index (χ3v) is 4.46. The van der Waals surface area contributed by atoms with E-state index in [1.807, 2.05) is 6.07 Å². The Morgan fingerprint density at radius 1 is 1.00 bits per heavy atom. The van der Waals surface area contributed by atoms with E-state index in [2.05, 4.69) is 0 Å². The summed E-state index contributed by atoms with van der Waals surface area (Å²) in [6.45, 7) is 2.67. The molecule has 1 aliphatic heterocycles. The Balaban J connectivity index is 1.61. The first-order valence-corrected chi connectivity index (χ1v) is 9.48. The molecule has 0 atom stereocenters. The lowest BCUT2D eigenvalue weighted by Crippen LogP contribution is -2.51. The SMILES string of the molecule is NCCOCCOCCCc1ccc2c(c1)oc(=O)n2N1C(=O)CCCC1=O. The van der Waals surface area contributed by atoms with Crippen molar-refractivity contribution < 1.29 is 23.5 Å². The van der Waals surface area contributed by atoms with Gasteiger partial charge in [-0.25, -0.2) is 4.79 Å². The number of nitrogens with two attached hydrogens (primary N) is 1. The van der Waals surface area contributed by atoms with Crippen LogP contribution in [0.15, 0.2) is 27.4 Å². The molecule has 9 heteroatoms. The van der Waals surface area contributed by atoms with Gasteiger partial charge in [0.25, 0.3) is 0 Å². The number of carbonyl (C=O) groups is 2. The molecule has 28 heavy (non-hydrogen) atoms.